The number of hydrogen-bond acceptors (Lipinski definition) is 7. The number of nitrogens with zero attached hydrogens (tertiary/aromatic N) is 3. The summed E-state index contributed by atoms with van der Waals surface area (Å²) in [5, 5.41) is 16.3. The van der Waals surface area contributed by atoms with Gasteiger partial charge >= 0.3 is 0 Å². The minimum absolute atomic E-state index is 0.232. The summed E-state index contributed by atoms with van der Waals surface area (Å²) in [7, 11) is 0. The van der Waals surface area contributed by atoms with Crippen molar-refractivity contribution < 1.29 is 9.47 Å². The van der Waals surface area contributed by atoms with Crippen LogP contribution in [0.5, 0.6) is 11.5 Å². The maximum absolute atomic E-state index is 9.56. The molecule has 3 aromatic rings. The van der Waals surface area contributed by atoms with Gasteiger partial charge < -0.3 is 9.47 Å². The van der Waals surface area contributed by atoms with Gasteiger partial charge in [-0.2, -0.15) is 10.4 Å². The van der Waals surface area contributed by atoms with Crippen molar-refractivity contribution in [1.29, 1.82) is 5.26 Å². The highest BCUT2D eigenvalue weighted by Gasteiger charge is 2.16. The summed E-state index contributed by atoms with van der Waals surface area (Å²) in [4.78, 5) is 4.58. The number of hydrogen-bond donors (Lipinski definition) is 1. The predicted molar refractivity (Wildman–Crippen MR) is 110 cm³/mol. The molecule has 7 heteroatoms. The number of aryl methyl sites for hydroxylation is 3. The van der Waals surface area contributed by atoms with E-state index in [9.17, 15) is 5.26 Å². The number of aromatic nitrogens is 1. The standard InChI is InChI=1S/C21H18N4O2S/c1-12-6-13(2)20(14(3)7-12)25-24-16(9-22)21-23-17(10-28-21)15-4-5-18-19(8-15)27-11-26-18/h4-8,10,25H,11H2,1-3H3/b24-16-. The quantitative estimate of drug-likeness (QED) is 0.511. The molecule has 0 bridgehead atoms. The fraction of sp³-hybridized carbons (Fsp3) is 0.190. The largest absolute Gasteiger partial charge is 0.454 e. The van der Waals surface area contributed by atoms with Crippen LogP contribution in [0.25, 0.3) is 11.3 Å². The molecule has 140 valence electrons. The van der Waals surface area contributed by atoms with Gasteiger partial charge in [0.1, 0.15) is 6.07 Å². The van der Waals surface area contributed by atoms with Gasteiger partial charge in [0, 0.05) is 10.9 Å². The van der Waals surface area contributed by atoms with Gasteiger partial charge in [0.25, 0.3) is 0 Å². The summed E-state index contributed by atoms with van der Waals surface area (Å²) in [6.07, 6.45) is 0. The van der Waals surface area contributed by atoms with Gasteiger partial charge in [0.15, 0.2) is 22.2 Å². The smallest absolute Gasteiger partial charge is 0.231 e. The molecule has 2 aromatic carbocycles. The van der Waals surface area contributed by atoms with Crippen molar-refractivity contribution in [2.45, 2.75) is 20.8 Å². The number of fused-ring (bicyclic) bond motifs is 1. The molecule has 4 rings (SSSR count). The topological polar surface area (TPSA) is 79.5 Å². The number of hydrazone groups is 1. The van der Waals surface area contributed by atoms with E-state index in [1.165, 1.54) is 16.9 Å². The van der Waals surface area contributed by atoms with Gasteiger partial charge in [-0.05, 0) is 50.1 Å². The lowest BCUT2D eigenvalue weighted by Gasteiger charge is -2.10. The lowest BCUT2D eigenvalue weighted by Crippen LogP contribution is -2.03. The Kier molecular flexibility index (Phi) is 4.72. The molecule has 1 aromatic heterocycles. The van der Waals surface area contributed by atoms with Crippen LogP contribution in [0, 0.1) is 32.1 Å². The second-order valence-corrected chi connectivity index (χ2v) is 7.42. The van der Waals surface area contributed by atoms with Crippen molar-refractivity contribution in [3.8, 4) is 28.8 Å². The number of thiazole rings is 1. The minimum Gasteiger partial charge on any atom is -0.454 e. The monoisotopic (exact) mass is 390 g/mol. The van der Waals surface area contributed by atoms with Gasteiger partial charge in [-0.1, -0.05) is 17.7 Å². The Labute approximate surface area is 167 Å². The van der Waals surface area contributed by atoms with E-state index in [1.807, 2.05) is 37.4 Å². The maximum Gasteiger partial charge on any atom is 0.231 e. The molecule has 28 heavy (non-hydrogen) atoms. The molecule has 0 fully saturated rings. The predicted octanol–water partition coefficient (Wildman–Crippen LogP) is 4.80. The SMILES string of the molecule is Cc1cc(C)c(N/N=C(/C#N)c2nc(-c3ccc4c(c3)OCO4)cs2)c(C)c1. The second kappa shape index (κ2) is 7.33. The molecule has 0 saturated heterocycles. The molecular weight excluding hydrogens is 372 g/mol. The van der Waals surface area contributed by atoms with E-state index in [4.69, 9.17) is 9.47 Å². The third-order valence-electron chi connectivity index (χ3n) is 4.44. The lowest BCUT2D eigenvalue weighted by molar-refractivity contribution is 0.174. The molecule has 0 amide bonds. The van der Waals surface area contributed by atoms with Crippen LogP contribution in [0.1, 0.15) is 21.7 Å². The molecular formula is C21H18N4O2S. The molecule has 2 heterocycles. The molecule has 1 N–H and O–H groups in total. The van der Waals surface area contributed by atoms with E-state index in [-0.39, 0.29) is 12.5 Å². The highest BCUT2D eigenvalue weighted by molar-refractivity contribution is 7.12. The van der Waals surface area contributed by atoms with Gasteiger partial charge in [0.05, 0.1) is 11.4 Å². The molecule has 6 nitrogen and oxygen atoms in total. The molecule has 0 aliphatic carbocycles. The maximum atomic E-state index is 9.56. The van der Waals surface area contributed by atoms with E-state index in [0.29, 0.717) is 10.8 Å². The Morgan fingerprint density at radius 2 is 1.89 bits per heavy atom. The van der Waals surface area contributed by atoms with Crippen LogP contribution in [0.15, 0.2) is 40.8 Å². The Balaban J connectivity index is 1.60. The first kappa shape index (κ1) is 18.0. The van der Waals surface area contributed by atoms with Crippen LogP contribution in [-0.2, 0) is 0 Å². The fourth-order valence-corrected chi connectivity index (χ4v) is 3.93. The highest BCUT2D eigenvalue weighted by Crippen LogP contribution is 2.36. The van der Waals surface area contributed by atoms with Gasteiger partial charge in [-0.3, -0.25) is 5.43 Å². The van der Waals surface area contributed by atoms with E-state index >= 15 is 0 Å². The summed E-state index contributed by atoms with van der Waals surface area (Å²) in [5.74, 6) is 1.43. The Morgan fingerprint density at radius 3 is 2.64 bits per heavy atom. The first-order chi connectivity index (χ1) is 13.5. The van der Waals surface area contributed by atoms with Gasteiger partial charge in [-0.25, -0.2) is 4.98 Å². The Hall–Kier alpha value is -3.37. The van der Waals surface area contributed by atoms with E-state index in [0.717, 1.165) is 33.8 Å². The zero-order chi connectivity index (χ0) is 19.7. The third-order valence-corrected chi connectivity index (χ3v) is 5.29. The lowest BCUT2D eigenvalue weighted by atomic mass is 10.1. The van der Waals surface area contributed by atoms with Crippen molar-refractivity contribution >= 4 is 22.7 Å². The number of rotatable bonds is 4. The number of ether oxygens (including phenoxy) is 2. The molecule has 1 aliphatic heterocycles. The van der Waals surface area contributed by atoms with Crippen LogP contribution < -0.4 is 14.9 Å². The number of benzene rings is 2. The summed E-state index contributed by atoms with van der Waals surface area (Å²) in [6.45, 7) is 6.33. The molecule has 0 atom stereocenters. The number of nitriles is 1. The van der Waals surface area contributed by atoms with Crippen LogP contribution in [0.4, 0.5) is 5.69 Å². The molecule has 0 radical (unpaired) electrons. The van der Waals surface area contributed by atoms with Crippen molar-refractivity contribution in [3.05, 3.63) is 57.4 Å². The van der Waals surface area contributed by atoms with Crippen molar-refractivity contribution in [1.82, 2.24) is 4.98 Å². The average Bonchev–Trinajstić information content (AvgIpc) is 3.32. The Bertz CT molecular complexity index is 1100. The van der Waals surface area contributed by atoms with Gasteiger partial charge in [-0.15, -0.1) is 11.3 Å². The molecule has 0 spiro atoms. The van der Waals surface area contributed by atoms with E-state index in [2.05, 4.69) is 40.6 Å². The zero-order valence-corrected chi connectivity index (χ0v) is 16.6. The normalized spacial score (nSPS) is 12.7. The van der Waals surface area contributed by atoms with E-state index in [1.54, 1.807) is 0 Å². The van der Waals surface area contributed by atoms with Crippen LogP contribution in [0.3, 0.4) is 0 Å². The summed E-state index contributed by atoms with van der Waals surface area (Å²) >= 11 is 1.38. The summed E-state index contributed by atoms with van der Waals surface area (Å²) in [6, 6.07) is 12.0. The van der Waals surface area contributed by atoms with Crippen LogP contribution >= 0.6 is 11.3 Å². The highest BCUT2D eigenvalue weighted by atomic mass is 32.1. The first-order valence-corrected chi connectivity index (χ1v) is 9.60. The van der Waals surface area contributed by atoms with E-state index < -0.39 is 0 Å². The molecule has 0 unspecified atom stereocenters. The number of nitrogens with one attached hydrogen (secondary N) is 1. The average molecular weight is 390 g/mol. The fourth-order valence-electron chi connectivity index (χ4n) is 3.16. The van der Waals surface area contributed by atoms with Crippen molar-refractivity contribution in [2.75, 3.05) is 12.2 Å². The first-order valence-electron chi connectivity index (χ1n) is 8.72. The number of anilines is 1. The van der Waals surface area contributed by atoms with Crippen molar-refractivity contribution in [2.24, 2.45) is 5.10 Å². The summed E-state index contributed by atoms with van der Waals surface area (Å²) < 4.78 is 10.8. The van der Waals surface area contributed by atoms with Crippen LogP contribution in [-0.4, -0.2) is 17.5 Å². The summed E-state index contributed by atoms with van der Waals surface area (Å²) in [5.41, 5.74) is 9.22. The Morgan fingerprint density at radius 1 is 1.14 bits per heavy atom. The third kappa shape index (κ3) is 3.42. The van der Waals surface area contributed by atoms with Crippen LogP contribution in [0.2, 0.25) is 0 Å². The van der Waals surface area contributed by atoms with Gasteiger partial charge in [0.2, 0.25) is 6.79 Å². The zero-order valence-electron chi connectivity index (χ0n) is 15.7. The molecule has 0 saturated carbocycles. The minimum atomic E-state index is 0.232. The second-order valence-electron chi connectivity index (χ2n) is 6.56. The molecule has 1 aliphatic rings. The van der Waals surface area contributed by atoms with Crippen molar-refractivity contribution in [3.63, 3.8) is 0 Å².